The smallest absolute Gasteiger partial charge is 0.175 e. The topological polar surface area (TPSA) is 65.0 Å². The van der Waals surface area contributed by atoms with Gasteiger partial charge in [0.05, 0.1) is 12.3 Å². The molecule has 1 fully saturated rings. The van der Waals surface area contributed by atoms with E-state index < -0.39 is 16.0 Å². The average molecular weight is 308 g/mol. The summed E-state index contributed by atoms with van der Waals surface area (Å²) in [5.41, 5.74) is 0.565. The van der Waals surface area contributed by atoms with Crippen molar-refractivity contribution in [1.29, 1.82) is 0 Å². The second kappa shape index (κ2) is 5.19. The van der Waals surface area contributed by atoms with Gasteiger partial charge >= 0.3 is 0 Å². The fraction of sp³-hybridized carbons (Fsp3) is 0.533. The van der Waals surface area contributed by atoms with E-state index in [0.29, 0.717) is 30.3 Å². The van der Waals surface area contributed by atoms with E-state index in [4.69, 9.17) is 4.84 Å². The predicted octanol–water partition coefficient (Wildman–Crippen LogP) is 2.47. The lowest BCUT2D eigenvalue weighted by atomic mass is 9.92. The minimum absolute atomic E-state index is 0.337. The zero-order chi connectivity index (χ0) is 15.1. The van der Waals surface area contributed by atoms with E-state index in [1.807, 2.05) is 6.07 Å². The van der Waals surface area contributed by atoms with Crippen molar-refractivity contribution in [3.8, 4) is 0 Å². The van der Waals surface area contributed by atoms with Gasteiger partial charge in [0.2, 0.25) is 0 Å². The Kier molecular flexibility index (Phi) is 3.63. The predicted molar refractivity (Wildman–Crippen MR) is 80.4 cm³/mol. The lowest BCUT2D eigenvalue weighted by Gasteiger charge is -2.25. The maximum atomic E-state index is 12.6. The monoisotopic (exact) mass is 308 g/mol. The highest BCUT2D eigenvalue weighted by Crippen LogP contribution is 2.38. The average Bonchev–Trinajstić information content (AvgIpc) is 3.08. The van der Waals surface area contributed by atoms with Gasteiger partial charge in [0.25, 0.3) is 0 Å². The summed E-state index contributed by atoms with van der Waals surface area (Å²) in [7, 11) is -3.44. The third-order valence-electron chi connectivity index (χ3n) is 4.19. The molecule has 1 aromatic rings. The zero-order valence-electron chi connectivity index (χ0n) is 12.3. The molecule has 5 nitrogen and oxygen atoms in total. The van der Waals surface area contributed by atoms with Crippen LogP contribution in [0.2, 0.25) is 0 Å². The van der Waals surface area contributed by atoms with Crippen LogP contribution in [0.3, 0.4) is 0 Å². The van der Waals surface area contributed by atoms with Crippen molar-refractivity contribution in [3.63, 3.8) is 0 Å². The number of nitrogens with zero attached hydrogens (tertiary/aromatic N) is 2. The Bertz CT molecular complexity index is 602. The van der Waals surface area contributed by atoms with Crippen LogP contribution in [-0.2, 0) is 19.4 Å². The lowest BCUT2D eigenvalue weighted by Crippen LogP contribution is -2.39. The molecular weight excluding hydrogens is 288 g/mol. The molecule has 1 spiro atoms. The van der Waals surface area contributed by atoms with Crippen molar-refractivity contribution in [3.05, 3.63) is 30.3 Å². The molecule has 1 aromatic carbocycles. The first-order chi connectivity index (χ1) is 9.93. The van der Waals surface area contributed by atoms with Crippen LogP contribution in [0.1, 0.15) is 26.7 Å². The molecule has 0 saturated carbocycles. The van der Waals surface area contributed by atoms with Gasteiger partial charge in [-0.3, -0.25) is 0 Å². The summed E-state index contributed by atoms with van der Waals surface area (Å²) in [5.74, 6) is 0.337. The maximum Gasteiger partial charge on any atom is 0.175 e. The molecule has 2 heterocycles. The van der Waals surface area contributed by atoms with Crippen molar-refractivity contribution in [2.24, 2.45) is 11.1 Å². The fourth-order valence-electron chi connectivity index (χ4n) is 2.83. The third kappa shape index (κ3) is 2.63. The Morgan fingerprint density at radius 1 is 1.38 bits per heavy atom. The molecular formula is C15H20N2O3S. The minimum atomic E-state index is -3.44. The number of sulfonamides is 1. The highest BCUT2D eigenvalue weighted by Gasteiger charge is 2.51. The quantitative estimate of drug-likeness (QED) is 0.806. The van der Waals surface area contributed by atoms with Crippen LogP contribution in [-0.4, -0.2) is 33.3 Å². The van der Waals surface area contributed by atoms with Crippen molar-refractivity contribution < 1.29 is 13.6 Å². The van der Waals surface area contributed by atoms with Crippen LogP contribution in [0.5, 0.6) is 0 Å². The van der Waals surface area contributed by atoms with Gasteiger partial charge in [-0.25, -0.2) is 0 Å². The molecule has 0 aromatic heterocycles. The molecule has 0 N–H and O–H groups in total. The summed E-state index contributed by atoms with van der Waals surface area (Å²) < 4.78 is 26.8. The van der Waals surface area contributed by atoms with Gasteiger partial charge in [-0.15, -0.1) is 4.31 Å². The van der Waals surface area contributed by atoms with Crippen molar-refractivity contribution >= 4 is 16.1 Å². The second-order valence-electron chi connectivity index (χ2n) is 6.09. The Morgan fingerprint density at radius 2 is 2.10 bits per heavy atom. The van der Waals surface area contributed by atoms with E-state index >= 15 is 0 Å². The molecule has 6 heteroatoms. The fourth-order valence-corrected chi connectivity index (χ4v) is 4.37. The summed E-state index contributed by atoms with van der Waals surface area (Å²) in [6.45, 7) is 5.02. The van der Waals surface area contributed by atoms with Crippen LogP contribution < -0.4 is 0 Å². The summed E-state index contributed by atoms with van der Waals surface area (Å²) in [5, 5.41) is 4.15. The van der Waals surface area contributed by atoms with Gasteiger partial charge < -0.3 is 9.39 Å². The Balaban J connectivity index is 1.75. The van der Waals surface area contributed by atoms with E-state index in [1.165, 1.54) is 4.31 Å². The molecule has 0 amide bonds. The van der Waals surface area contributed by atoms with Crippen LogP contribution in [0.25, 0.3) is 0 Å². The summed E-state index contributed by atoms with van der Waals surface area (Å²) in [6.07, 6.45) is 1.42. The Labute approximate surface area is 126 Å². The summed E-state index contributed by atoms with van der Waals surface area (Å²) in [4.78, 5) is 5.96. The van der Waals surface area contributed by atoms with Gasteiger partial charge in [0.1, 0.15) is 0 Å². The first-order valence-corrected chi connectivity index (χ1v) is 8.67. The largest absolute Gasteiger partial charge is 0.593 e. The lowest BCUT2D eigenvalue weighted by molar-refractivity contribution is -0.00604. The summed E-state index contributed by atoms with van der Waals surface area (Å²) in [6, 6.07) is 8.56. The molecule has 2 aliphatic heterocycles. The summed E-state index contributed by atoms with van der Waals surface area (Å²) >= 11 is 0. The molecule has 0 aliphatic carbocycles. The molecule has 2 unspecified atom stereocenters. The normalized spacial score (nSPS) is 28.7. The van der Waals surface area contributed by atoms with Crippen molar-refractivity contribution in [2.75, 3.05) is 13.1 Å². The van der Waals surface area contributed by atoms with E-state index in [9.17, 15) is 8.76 Å². The van der Waals surface area contributed by atoms with Crippen LogP contribution >= 0.6 is 0 Å². The molecule has 2 aliphatic rings. The minimum Gasteiger partial charge on any atom is -0.593 e. The third-order valence-corrected chi connectivity index (χ3v) is 6.05. The first kappa shape index (κ1) is 14.7. The number of hydrogen-bond donors (Lipinski definition) is 0. The molecule has 114 valence electrons. The number of hydrogen-bond acceptors (Lipinski definition) is 4. The van der Waals surface area contributed by atoms with Crippen molar-refractivity contribution in [1.82, 2.24) is 4.31 Å². The SMILES string of the molecule is CC(C)C1=NOC2(CCN([S+](=O)([O-])c3ccccc3)C2)C1. The van der Waals surface area contributed by atoms with E-state index in [1.54, 1.807) is 24.3 Å². The second-order valence-corrected chi connectivity index (χ2v) is 8.03. The van der Waals surface area contributed by atoms with Gasteiger partial charge in [0.15, 0.2) is 20.9 Å². The van der Waals surface area contributed by atoms with Crippen LogP contribution in [0.15, 0.2) is 40.4 Å². The maximum absolute atomic E-state index is 12.6. The molecule has 0 bridgehead atoms. The molecule has 3 rings (SSSR count). The van der Waals surface area contributed by atoms with Crippen LogP contribution in [0.4, 0.5) is 0 Å². The van der Waals surface area contributed by atoms with Gasteiger partial charge in [-0.05, 0) is 18.1 Å². The van der Waals surface area contributed by atoms with E-state index in [-0.39, 0.29) is 0 Å². The zero-order valence-corrected chi connectivity index (χ0v) is 13.1. The molecule has 0 radical (unpaired) electrons. The Hall–Kier alpha value is -1.24. The van der Waals surface area contributed by atoms with E-state index in [0.717, 1.165) is 12.1 Å². The van der Waals surface area contributed by atoms with E-state index in [2.05, 4.69) is 19.0 Å². The standard InChI is InChI=1S/C15H20N2O3S/c1-12(2)14-10-15(20-16-14)8-9-17(11-15)21(18,19)13-6-4-3-5-7-13/h3-7,12H,8-11H2,1-2H3. The number of rotatable bonds is 3. The molecule has 21 heavy (non-hydrogen) atoms. The first-order valence-electron chi connectivity index (χ1n) is 7.23. The number of benzene rings is 1. The highest BCUT2D eigenvalue weighted by atomic mass is 32.3. The Morgan fingerprint density at radius 3 is 2.71 bits per heavy atom. The van der Waals surface area contributed by atoms with Gasteiger partial charge in [0, 0.05) is 19.4 Å². The van der Waals surface area contributed by atoms with Gasteiger partial charge in [-0.1, -0.05) is 41.4 Å². The van der Waals surface area contributed by atoms with Crippen molar-refractivity contribution in [2.45, 2.75) is 37.2 Å². The van der Waals surface area contributed by atoms with Crippen LogP contribution in [0, 0.1) is 5.92 Å². The molecule has 2 atom stereocenters. The number of oxime groups is 1. The molecule has 1 saturated heterocycles. The van der Waals surface area contributed by atoms with Gasteiger partial charge in [-0.2, -0.15) is 0 Å². The highest BCUT2D eigenvalue weighted by molar-refractivity contribution is 7.95.